The first-order valence-electron chi connectivity index (χ1n) is 8.39. The van der Waals surface area contributed by atoms with Crippen molar-refractivity contribution < 1.29 is 19.0 Å². The second-order valence-electron chi connectivity index (χ2n) is 8.19. The van der Waals surface area contributed by atoms with E-state index in [4.69, 9.17) is 14.2 Å². The molecule has 0 saturated carbocycles. The number of rotatable bonds is 3. The van der Waals surface area contributed by atoms with Crippen LogP contribution in [-0.4, -0.2) is 39.5 Å². The standard InChI is InChI=1S/C17H28O4Si/c1-7-19-14-13-11(10-8-9-20-16(10)21-13)12(18)15(14)22(5,6)17(2,3)4/h10-11,13,16H,7-9H2,1-6H3/t10-,11+,13+,16+/m0/s1. The highest BCUT2D eigenvalue weighted by molar-refractivity contribution is 6.91. The molecule has 2 saturated heterocycles. The van der Waals surface area contributed by atoms with Gasteiger partial charge < -0.3 is 14.2 Å². The van der Waals surface area contributed by atoms with E-state index in [1.54, 1.807) is 0 Å². The van der Waals surface area contributed by atoms with Crippen molar-refractivity contribution in [1.82, 2.24) is 0 Å². The summed E-state index contributed by atoms with van der Waals surface area (Å²) in [5, 5.41) is 1.08. The Morgan fingerprint density at radius 3 is 2.59 bits per heavy atom. The summed E-state index contributed by atoms with van der Waals surface area (Å²) in [5.41, 5.74) is 0. The number of carbonyl (C=O) groups is 1. The fraction of sp³-hybridized carbons (Fsp3) is 0.824. The highest BCUT2D eigenvalue weighted by atomic mass is 28.3. The topological polar surface area (TPSA) is 44.8 Å². The Balaban J connectivity index is 2.04. The van der Waals surface area contributed by atoms with Crippen LogP contribution in [0.15, 0.2) is 11.0 Å². The van der Waals surface area contributed by atoms with Crippen LogP contribution >= 0.6 is 0 Å². The van der Waals surface area contributed by atoms with E-state index in [-0.39, 0.29) is 35.1 Å². The summed E-state index contributed by atoms with van der Waals surface area (Å²) in [7, 11) is -1.96. The van der Waals surface area contributed by atoms with Crippen LogP contribution in [0.2, 0.25) is 18.1 Å². The first-order valence-corrected chi connectivity index (χ1v) is 11.4. The van der Waals surface area contributed by atoms with Gasteiger partial charge in [-0.1, -0.05) is 33.9 Å². The molecule has 0 radical (unpaired) electrons. The van der Waals surface area contributed by atoms with Crippen LogP contribution in [0.1, 0.15) is 34.1 Å². The normalized spacial score (nSPS) is 35.1. The highest BCUT2D eigenvalue weighted by Crippen LogP contribution is 2.53. The van der Waals surface area contributed by atoms with Crippen LogP contribution in [0.25, 0.3) is 0 Å². The summed E-state index contributed by atoms with van der Waals surface area (Å²) in [4.78, 5) is 13.3. The van der Waals surface area contributed by atoms with Crippen molar-refractivity contribution in [2.45, 2.75) is 64.6 Å². The van der Waals surface area contributed by atoms with E-state index in [1.165, 1.54) is 0 Å². The van der Waals surface area contributed by atoms with E-state index in [0.717, 1.165) is 17.4 Å². The minimum absolute atomic E-state index is 0.0850. The van der Waals surface area contributed by atoms with Crippen molar-refractivity contribution in [2.75, 3.05) is 13.2 Å². The van der Waals surface area contributed by atoms with Crippen molar-refractivity contribution in [2.24, 2.45) is 11.8 Å². The van der Waals surface area contributed by atoms with Crippen molar-refractivity contribution in [3.8, 4) is 0 Å². The fourth-order valence-electron chi connectivity index (χ4n) is 3.81. The largest absolute Gasteiger partial charge is 0.495 e. The van der Waals surface area contributed by atoms with Gasteiger partial charge in [-0.25, -0.2) is 0 Å². The number of hydrogen-bond acceptors (Lipinski definition) is 4. The molecule has 1 aliphatic carbocycles. The van der Waals surface area contributed by atoms with Crippen LogP contribution in [0.3, 0.4) is 0 Å². The average molecular weight is 324 g/mol. The van der Waals surface area contributed by atoms with Gasteiger partial charge in [-0.15, -0.1) is 0 Å². The van der Waals surface area contributed by atoms with Gasteiger partial charge in [-0.05, 0) is 18.4 Å². The number of allylic oxidation sites excluding steroid dienone is 1. The fourth-order valence-corrected chi connectivity index (χ4v) is 6.17. The number of ether oxygens (including phenoxy) is 3. The maximum Gasteiger partial charge on any atom is 0.164 e. The molecule has 2 aliphatic heterocycles. The molecule has 0 spiro atoms. The Morgan fingerprint density at radius 1 is 1.32 bits per heavy atom. The van der Waals surface area contributed by atoms with Crippen molar-refractivity contribution in [3.05, 3.63) is 11.0 Å². The monoisotopic (exact) mass is 324 g/mol. The molecule has 0 unspecified atom stereocenters. The SMILES string of the molecule is CCOC1=C([Si](C)(C)C(C)(C)C)C(=O)[C@H]2[C@@H]3CCO[C@@H]3O[C@@H]12. The van der Waals surface area contributed by atoms with Gasteiger partial charge in [-0.2, -0.15) is 0 Å². The molecular weight excluding hydrogens is 296 g/mol. The zero-order valence-corrected chi connectivity index (χ0v) is 15.6. The Labute approximate surface area is 134 Å². The molecule has 0 aromatic heterocycles. The molecule has 0 aromatic rings. The lowest BCUT2D eigenvalue weighted by atomic mass is 9.89. The van der Waals surface area contributed by atoms with Gasteiger partial charge in [-0.3, -0.25) is 4.79 Å². The van der Waals surface area contributed by atoms with E-state index in [1.807, 2.05) is 6.92 Å². The zero-order valence-electron chi connectivity index (χ0n) is 14.6. The molecular formula is C17H28O4Si. The van der Waals surface area contributed by atoms with Crippen LogP contribution in [0, 0.1) is 11.8 Å². The molecule has 4 atom stereocenters. The third kappa shape index (κ3) is 2.13. The number of hydrogen-bond donors (Lipinski definition) is 0. The second-order valence-corrected chi connectivity index (χ2v) is 13.4. The third-order valence-electron chi connectivity index (χ3n) is 6.00. The molecule has 4 nitrogen and oxygen atoms in total. The van der Waals surface area contributed by atoms with E-state index in [0.29, 0.717) is 13.2 Å². The van der Waals surface area contributed by atoms with E-state index in [2.05, 4.69) is 33.9 Å². The Morgan fingerprint density at radius 2 is 2.00 bits per heavy atom. The molecule has 2 fully saturated rings. The van der Waals surface area contributed by atoms with Gasteiger partial charge in [0.05, 0.1) is 27.2 Å². The van der Waals surface area contributed by atoms with E-state index >= 15 is 0 Å². The summed E-state index contributed by atoms with van der Waals surface area (Å²) >= 11 is 0. The molecule has 0 amide bonds. The number of ketones is 1. The van der Waals surface area contributed by atoms with Crippen LogP contribution in [0.4, 0.5) is 0 Å². The molecule has 5 heteroatoms. The molecule has 3 rings (SSSR count). The molecule has 124 valence electrons. The molecule has 22 heavy (non-hydrogen) atoms. The number of carbonyl (C=O) groups excluding carboxylic acids is 1. The van der Waals surface area contributed by atoms with Crippen LogP contribution < -0.4 is 0 Å². The van der Waals surface area contributed by atoms with Gasteiger partial charge in [0.25, 0.3) is 0 Å². The summed E-state index contributed by atoms with van der Waals surface area (Å²) in [5.74, 6) is 1.22. The van der Waals surface area contributed by atoms with Gasteiger partial charge in [0.15, 0.2) is 12.1 Å². The maximum absolute atomic E-state index is 13.3. The minimum atomic E-state index is -1.96. The van der Waals surface area contributed by atoms with E-state index < -0.39 is 8.07 Å². The quantitative estimate of drug-likeness (QED) is 0.747. The van der Waals surface area contributed by atoms with Crippen molar-refractivity contribution >= 4 is 13.9 Å². The van der Waals surface area contributed by atoms with Crippen molar-refractivity contribution in [3.63, 3.8) is 0 Å². The molecule has 0 N–H and O–H groups in total. The summed E-state index contributed by atoms with van der Waals surface area (Å²) in [6.45, 7) is 14.5. The average Bonchev–Trinajstić information content (AvgIpc) is 3.00. The smallest absolute Gasteiger partial charge is 0.164 e. The Bertz CT molecular complexity index is 517. The lowest BCUT2D eigenvalue weighted by Gasteiger charge is -2.38. The third-order valence-corrected chi connectivity index (χ3v) is 11.5. The van der Waals surface area contributed by atoms with Crippen LogP contribution in [-0.2, 0) is 19.0 Å². The van der Waals surface area contributed by atoms with Gasteiger partial charge in [0.1, 0.15) is 11.9 Å². The summed E-state index contributed by atoms with van der Waals surface area (Å²) in [6, 6.07) is 0. The van der Waals surface area contributed by atoms with Gasteiger partial charge in [0, 0.05) is 11.1 Å². The zero-order chi connectivity index (χ0) is 16.3. The minimum Gasteiger partial charge on any atom is -0.495 e. The molecule has 2 heterocycles. The highest BCUT2D eigenvalue weighted by Gasteiger charge is 2.61. The Hall–Kier alpha value is -0.653. The first kappa shape index (κ1) is 16.2. The van der Waals surface area contributed by atoms with Crippen LogP contribution in [0.5, 0.6) is 0 Å². The predicted octanol–water partition coefficient (Wildman–Crippen LogP) is 3.29. The lowest BCUT2D eigenvalue weighted by Crippen LogP contribution is -2.43. The Kier molecular flexibility index (Phi) is 3.82. The molecule has 3 aliphatic rings. The number of Topliss-reactive ketones (excluding diaryl/α,β-unsaturated/α-hetero) is 1. The lowest BCUT2D eigenvalue weighted by molar-refractivity contribution is -0.121. The molecule has 0 aromatic carbocycles. The number of fused-ring (bicyclic) bond motifs is 3. The maximum atomic E-state index is 13.3. The predicted molar refractivity (Wildman–Crippen MR) is 87.1 cm³/mol. The first-order chi connectivity index (χ1) is 10.2. The second kappa shape index (κ2) is 5.18. The summed E-state index contributed by atoms with van der Waals surface area (Å²) < 4.78 is 17.7. The van der Waals surface area contributed by atoms with Crippen molar-refractivity contribution in [1.29, 1.82) is 0 Å². The van der Waals surface area contributed by atoms with E-state index in [9.17, 15) is 4.79 Å². The molecule has 0 bridgehead atoms. The van der Waals surface area contributed by atoms with Gasteiger partial charge in [0.2, 0.25) is 0 Å². The summed E-state index contributed by atoms with van der Waals surface area (Å²) in [6.07, 6.45) is 0.490. The van der Waals surface area contributed by atoms with Gasteiger partial charge >= 0.3 is 0 Å².